The van der Waals surface area contributed by atoms with Gasteiger partial charge in [-0.25, -0.2) is 0 Å². The van der Waals surface area contributed by atoms with Gasteiger partial charge >= 0.3 is 0 Å². The summed E-state index contributed by atoms with van der Waals surface area (Å²) in [5, 5.41) is 9.31. The van der Waals surface area contributed by atoms with Gasteiger partial charge < -0.3 is 14.4 Å². The molecular formula is C16H17NO3. The largest absolute Gasteiger partial charge is 0.508 e. The van der Waals surface area contributed by atoms with Crippen molar-refractivity contribution in [3.05, 3.63) is 54.0 Å². The predicted octanol–water partition coefficient (Wildman–Crippen LogP) is 3.01. The molecule has 4 nitrogen and oxygen atoms in total. The van der Waals surface area contributed by atoms with E-state index in [0.717, 1.165) is 25.9 Å². The minimum Gasteiger partial charge on any atom is -0.508 e. The van der Waals surface area contributed by atoms with Crippen LogP contribution in [0.2, 0.25) is 0 Å². The van der Waals surface area contributed by atoms with E-state index >= 15 is 0 Å². The molecule has 0 radical (unpaired) electrons. The van der Waals surface area contributed by atoms with Crippen molar-refractivity contribution in [1.29, 1.82) is 0 Å². The van der Waals surface area contributed by atoms with Gasteiger partial charge in [0, 0.05) is 13.1 Å². The number of carbonyl (C=O) groups excluding carboxylic acids is 1. The number of amides is 1. The van der Waals surface area contributed by atoms with Crippen molar-refractivity contribution in [3.8, 4) is 5.75 Å². The van der Waals surface area contributed by atoms with Crippen molar-refractivity contribution in [1.82, 2.24) is 4.90 Å². The molecule has 1 saturated heterocycles. The third-order valence-corrected chi connectivity index (χ3v) is 3.91. The molecule has 0 unspecified atom stereocenters. The fourth-order valence-electron chi connectivity index (χ4n) is 2.73. The molecule has 0 bridgehead atoms. The van der Waals surface area contributed by atoms with E-state index in [-0.39, 0.29) is 5.91 Å². The van der Waals surface area contributed by atoms with Crippen molar-refractivity contribution in [3.63, 3.8) is 0 Å². The quantitative estimate of drug-likeness (QED) is 0.913. The highest BCUT2D eigenvalue weighted by atomic mass is 16.3. The van der Waals surface area contributed by atoms with Crippen molar-refractivity contribution in [2.45, 2.75) is 18.8 Å². The molecule has 1 amide bonds. The number of furan rings is 1. The first-order chi connectivity index (χ1) is 9.74. The molecule has 1 aliphatic rings. The maximum Gasteiger partial charge on any atom is 0.257 e. The predicted molar refractivity (Wildman–Crippen MR) is 74.7 cm³/mol. The van der Waals surface area contributed by atoms with Crippen LogP contribution in [0.1, 0.15) is 34.7 Å². The van der Waals surface area contributed by atoms with Crippen LogP contribution in [0.25, 0.3) is 0 Å². The summed E-state index contributed by atoms with van der Waals surface area (Å²) in [6.07, 6.45) is 4.92. The normalized spacial score (nSPS) is 16.3. The Balaban J connectivity index is 1.62. The SMILES string of the molecule is O=C(c1ccoc1)N1CCC(c2ccc(O)cc2)CC1. The van der Waals surface area contributed by atoms with Crippen LogP contribution in [-0.4, -0.2) is 29.0 Å². The van der Waals surface area contributed by atoms with Gasteiger partial charge in [0.05, 0.1) is 11.8 Å². The lowest BCUT2D eigenvalue weighted by Gasteiger charge is -2.32. The average Bonchev–Trinajstić information content (AvgIpc) is 3.02. The fourth-order valence-corrected chi connectivity index (χ4v) is 2.73. The van der Waals surface area contributed by atoms with Crippen molar-refractivity contribution in [2.75, 3.05) is 13.1 Å². The van der Waals surface area contributed by atoms with Crippen LogP contribution >= 0.6 is 0 Å². The summed E-state index contributed by atoms with van der Waals surface area (Å²) >= 11 is 0. The zero-order valence-corrected chi connectivity index (χ0v) is 11.2. The molecular weight excluding hydrogens is 254 g/mol. The second kappa shape index (κ2) is 5.41. The Hall–Kier alpha value is -2.23. The molecule has 104 valence electrons. The molecule has 3 rings (SSSR count). The van der Waals surface area contributed by atoms with E-state index < -0.39 is 0 Å². The molecule has 2 heterocycles. The van der Waals surface area contributed by atoms with E-state index in [1.54, 1.807) is 18.2 Å². The molecule has 2 aromatic rings. The van der Waals surface area contributed by atoms with E-state index in [9.17, 15) is 9.90 Å². The second-order valence-corrected chi connectivity index (χ2v) is 5.17. The highest BCUT2D eigenvalue weighted by Gasteiger charge is 2.24. The van der Waals surface area contributed by atoms with Gasteiger partial charge in [0.2, 0.25) is 0 Å². The molecule has 1 aromatic carbocycles. The summed E-state index contributed by atoms with van der Waals surface area (Å²) in [7, 11) is 0. The Morgan fingerprint density at radius 2 is 1.85 bits per heavy atom. The molecule has 20 heavy (non-hydrogen) atoms. The van der Waals surface area contributed by atoms with E-state index in [2.05, 4.69) is 0 Å². The number of phenolic OH excluding ortho intramolecular Hbond substituents is 1. The van der Waals surface area contributed by atoms with E-state index in [4.69, 9.17) is 4.42 Å². The molecule has 0 aliphatic carbocycles. The van der Waals surface area contributed by atoms with Crippen LogP contribution in [0.3, 0.4) is 0 Å². The number of hydrogen-bond acceptors (Lipinski definition) is 3. The van der Waals surface area contributed by atoms with Crippen molar-refractivity contribution >= 4 is 5.91 Å². The lowest BCUT2D eigenvalue weighted by molar-refractivity contribution is 0.0712. The first kappa shape index (κ1) is 12.8. The maximum absolute atomic E-state index is 12.2. The number of nitrogens with zero attached hydrogens (tertiary/aromatic N) is 1. The Labute approximate surface area is 117 Å². The van der Waals surface area contributed by atoms with Crippen molar-refractivity contribution in [2.24, 2.45) is 0 Å². The second-order valence-electron chi connectivity index (χ2n) is 5.17. The first-order valence-corrected chi connectivity index (χ1v) is 6.84. The van der Waals surface area contributed by atoms with Gasteiger partial charge in [0.1, 0.15) is 12.0 Å². The minimum absolute atomic E-state index is 0.0444. The first-order valence-electron chi connectivity index (χ1n) is 6.84. The van der Waals surface area contributed by atoms with Gasteiger partial charge in [-0.15, -0.1) is 0 Å². The van der Waals surface area contributed by atoms with E-state index in [1.165, 1.54) is 18.1 Å². The number of piperidine rings is 1. The molecule has 1 fully saturated rings. The summed E-state index contributed by atoms with van der Waals surface area (Å²) in [5.41, 5.74) is 1.85. The minimum atomic E-state index is 0.0444. The molecule has 1 N–H and O–H groups in total. The number of carbonyl (C=O) groups is 1. The smallest absolute Gasteiger partial charge is 0.257 e. The third-order valence-electron chi connectivity index (χ3n) is 3.91. The topological polar surface area (TPSA) is 53.7 Å². The molecule has 1 aromatic heterocycles. The van der Waals surface area contributed by atoms with Gasteiger partial charge in [-0.1, -0.05) is 12.1 Å². The maximum atomic E-state index is 12.2. The summed E-state index contributed by atoms with van der Waals surface area (Å²) in [6, 6.07) is 9.08. The standard InChI is InChI=1S/C16H17NO3/c18-15-3-1-12(2-4-15)13-5-8-17(9-6-13)16(19)14-7-10-20-11-14/h1-4,7,10-11,13,18H,5-6,8-9H2. The number of aromatic hydroxyl groups is 1. The molecule has 0 atom stereocenters. The van der Waals surface area contributed by atoms with E-state index in [1.807, 2.05) is 17.0 Å². The van der Waals surface area contributed by atoms with Crippen LogP contribution in [0.15, 0.2) is 47.3 Å². The average molecular weight is 271 g/mol. The van der Waals surface area contributed by atoms with Crippen LogP contribution in [0.5, 0.6) is 5.75 Å². The molecule has 4 heteroatoms. The van der Waals surface area contributed by atoms with Gasteiger partial charge in [-0.3, -0.25) is 4.79 Å². The summed E-state index contributed by atoms with van der Waals surface area (Å²) in [4.78, 5) is 14.1. The van der Waals surface area contributed by atoms with Crippen LogP contribution in [0.4, 0.5) is 0 Å². The highest BCUT2D eigenvalue weighted by molar-refractivity contribution is 5.93. The lowest BCUT2D eigenvalue weighted by atomic mass is 9.89. The Morgan fingerprint density at radius 1 is 1.15 bits per heavy atom. The Kier molecular flexibility index (Phi) is 3.46. The Bertz CT molecular complexity index is 566. The van der Waals surface area contributed by atoms with Gasteiger partial charge in [-0.05, 0) is 42.5 Å². The van der Waals surface area contributed by atoms with E-state index in [0.29, 0.717) is 17.2 Å². The summed E-state index contributed by atoms with van der Waals surface area (Å²) < 4.78 is 4.96. The monoisotopic (exact) mass is 271 g/mol. The molecule has 0 spiro atoms. The molecule has 1 aliphatic heterocycles. The molecule has 0 saturated carbocycles. The number of hydrogen-bond donors (Lipinski definition) is 1. The number of benzene rings is 1. The third kappa shape index (κ3) is 2.54. The fraction of sp³-hybridized carbons (Fsp3) is 0.312. The number of rotatable bonds is 2. The number of phenols is 1. The zero-order chi connectivity index (χ0) is 13.9. The van der Waals surface area contributed by atoms with Crippen LogP contribution < -0.4 is 0 Å². The van der Waals surface area contributed by atoms with Gasteiger partial charge in [0.25, 0.3) is 5.91 Å². The lowest BCUT2D eigenvalue weighted by Crippen LogP contribution is -2.37. The number of likely N-dealkylation sites (tertiary alicyclic amines) is 1. The Morgan fingerprint density at radius 3 is 2.45 bits per heavy atom. The van der Waals surface area contributed by atoms with Crippen LogP contribution in [-0.2, 0) is 0 Å². The zero-order valence-electron chi connectivity index (χ0n) is 11.2. The summed E-state index contributed by atoms with van der Waals surface area (Å²) in [6.45, 7) is 1.52. The van der Waals surface area contributed by atoms with Gasteiger partial charge in [0.15, 0.2) is 0 Å². The highest BCUT2D eigenvalue weighted by Crippen LogP contribution is 2.29. The summed E-state index contributed by atoms with van der Waals surface area (Å²) in [5.74, 6) is 0.799. The van der Waals surface area contributed by atoms with Gasteiger partial charge in [-0.2, -0.15) is 0 Å². The van der Waals surface area contributed by atoms with Crippen molar-refractivity contribution < 1.29 is 14.3 Å². The van der Waals surface area contributed by atoms with Crippen LogP contribution in [0, 0.1) is 0 Å².